The molecule has 0 aliphatic heterocycles. The first-order chi connectivity index (χ1) is 9.56. The summed E-state index contributed by atoms with van der Waals surface area (Å²) in [6.07, 6.45) is 1.80. The predicted octanol–water partition coefficient (Wildman–Crippen LogP) is 3.32. The number of carboxylic acids is 1. The summed E-state index contributed by atoms with van der Waals surface area (Å²) in [5.74, 6) is -0.973. The highest BCUT2D eigenvalue weighted by atomic mass is 16.4. The number of aromatic carboxylic acids is 1. The average molecular weight is 266 g/mol. The summed E-state index contributed by atoms with van der Waals surface area (Å²) < 4.78 is 1.63. The van der Waals surface area contributed by atoms with Gasteiger partial charge in [-0.15, -0.1) is 0 Å². The molecule has 1 aromatic carbocycles. The van der Waals surface area contributed by atoms with Gasteiger partial charge in [0.2, 0.25) is 0 Å². The Bertz CT molecular complexity index is 818. The number of hydrogen-bond donors (Lipinski definition) is 1. The standard InChI is InChI=1S/C16H14N2O2/c1-10-4-3-5-12(8-10)14-15(16(19)20)18-9-11(2)6-7-13(18)17-14/h3-9H,1-2H3,(H,19,20). The molecule has 3 rings (SSSR count). The quantitative estimate of drug-likeness (QED) is 0.774. The van der Waals surface area contributed by atoms with E-state index >= 15 is 0 Å². The summed E-state index contributed by atoms with van der Waals surface area (Å²) in [5.41, 5.74) is 4.25. The fraction of sp³-hybridized carbons (Fsp3) is 0.125. The van der Waals surface area contributed by atoms with Crippen LogP contribution >= 0.6 is 0 Å². The summed E-state index contributed by atoms with van der Waals surface area (Å²) in [7, 11) is 0. The van der Waals surface area contributed by atoms with Crippen molar-refractivity contribution in [3.63, 3.8) is 0 Å². The van der Waals surface area contributed by atoms with Crippen molar-refractivity contribution in [2.24, 2.45) is 0 Å². The lowest BCUT2D eigenvalue weighted by atomic mass is 10.1. The number of carbonyl (C=O) groups is 1. The van der Waals surface area contributed by atoms with E-state index in [1.54, 1.807) is 10.6 Å². The first kappa shape index (κ1) is 12.4. The first-order valence-electron chi connectivity index (χ1n) is 6.35. The van der Waals surface area contributed by atoms with Crippen LogP contribution in [0.15, 0.2) is 42.6 Å². The zero-order chi connectivity index (χ0) is 14.3. The van der Waals surface area contributed by atoms with Crippen LogP contribution in [0.4, 0.5) is 0 Å². The molecule has 4 heteroatoms. The summed E-state index contributed by atoms with van der Waals surface area (Å²) in [4.78, 5) is 16.1. The largest absolute Gasteiger partial charge is 0.476 e. The fourth-order valence-electron chi connectivity index (χ4n) is 2.35. The number of rotatable bonds is 2. The van der Waals surface area contributed by atoms with Gasteiger partial charge in [0, 0.05) is 11.8 Å². The molecule has 0 atom stereocenters. The molecule has 0 aliphatic rings. The Morgan fingerprint density at radius 3 is 2.65 bits per heavy atom. The minimum atomic E-state index is -0.973. The number of pyridine rings is 1. The SMILES string of the molecule is Cc1cccc(-c2nc3ccc(C)cn3c2C(=O)O)c1. The molecule has 100 valence electrons. The second-order valence-electron chi connectivity index (χ2n) is 4.92. The van der Waals surface area contributed by atoms with E-state index in [0.717, 1.165) is 16.7 Å². The van der Waals surface area contributed by atoms with Crippen molar-refractivity contribution in [1.29, 1.82) is 0 Å². The number of nitrogens with zero attached hydrogens (tertiary/aromatic N) is 2. The van der Waals surface area contributed by atoms with Gasteiger partial charge >= 0.3 is 5.97 Å². The molecule has 0 spiro atoms. The summed E-state index contributed by atoms with van der Waals surface area (Å²) >= 11 is 0. The highest BCUT2D eigenvalue weighted by molar-refractivity contribution is 5.94. The summed E-state index contributed by atoms with van der Waals surface area (Å²) in [6, 6.07) is 11.5. The summed E-state index contributed by atoms with van der Waals surface area (Å²) in [6.45, 7) is 3.90. The molecule has 0 radical (unpaired) electrons. The van der Waals surface area contributed by atoms with E-state index in [9.17, 15) is 9.90 Å². The van der Waals surface area contributed by atoms with Gasteiger partial charge in [0.15, 0.2) is 5.69 Å². The van der Waals surface area contributed by atoms with Gasteiger partial charge in [-0.05, 0) is 31.5 Å². The number of carboxylic acid groups (broad SMARTS) is 1. The molecule has 0 unspecified atom stereocenters. The van der Waals surface area contributed by atoms with Gasteiger partial charge in [-0.2, -0.15) is 0 Å². The van der Waals surface area contributed by atoms with Crippen molar-refractivity contribution in [1.82, 2.24) is 9.38 Å². The van der Waals surface area contributed by atoms with Gasteiger partial charge in [-0.3, -0.25) is 4.40 Å². The van der Waals surface area contributed by atoms with Crippen LogP contribution in [-0.4, -0.2) is 20.5 Å². The molecule has 0 aliphatic carbocycles. The van der Waals surface area contributed by atoms with Gasteiger partial charge < -0.3 is 5.11 Å². The minimum absolute atomic E-state index is 0.203. The normalized spacial score (nSPS) is 10.9. The van der Waals surface area contributed by atoms with Crippen molar-refractivity contribution < 1.29 is 9.90 Å². The predicted molar refractivity (Wildman–Crippen MR) is 77.1 cm³/mol. The van der Waals surface area contributed by atoms with Gasteiger partial charge in [-0.1, -0.05) is 29.8 Å². The van der Waals surface area contributed by atoms with Crippen molar-refractivity contribution in [2.75, 3.05) is 0 Å². The number of hydrogen-bond acceptors (Lipinski definition) is 2. The van der Waals surface area contributed by atoms with Crippen molar-refractivity contribution >= 4 is 11.6 Å². The molecule has 2 aromatic heterocycles. The average Bonchev–Trinajstić information content (AvgIpc) is 2.77. The molecule has 0 bridgehead atoms. The van der Waals surface area contributed by atoms with Crippen LogP contribution in [0, 0.1) is 13.8 Å². The second kappa shape index (κ2) is 4.49. The van der Waals surface area contributed by atoms with E-state index in [1.165, 1.54) is 0 Å². The Morgan fingerprint density at radius 1 is 1.15 bits per heavy atom. The fourth-order valence-corrected chi connectivity index (χ4v) is 2.35. The zero-order valence-electron chi connectivity index (χ0n) is 11.3. The van der Waals surface area contributed by atoms with Crippen LogP contribution in [-0.2, 0) is 0 Å². The third-order valence-electron chi connectivity index (χ3n) is 3.26. The molecule has 3 aromatic rings. The van der Waals surface area contributed by atoms with Crippen LogP contribution in [0.2, 0.25) is 0 Å². The minimum Gasteiger partial charge on any atom is -0.476 e. The maximum atomic E-state index is 11.6. The van der Waals surface area contributed by atoms with E-state index in [2.05, 4.69) is 4.98 Å². The zero-order valence-corrected chi connectivity index (χ0v) is 11.3. The number of imidazole rings is 1. The lowest BCUT2D eigenvalue weighted by Crippen LogP contribution is -2.03. The molecule has 20 heavy (non-hydrogen) atoms. The van der Waals surface area contributed by atoms with Gasteiger partial charge in [0.05, 0.1) is 0 Å². The van der Waals surface area contributed by atoms with Gasteiger partial charge in [0.1, 0.15) is 11.3 Å². The topological polar surface area (TPSA) is 54.6 Å². The lowest BCUT2D eigenvalue weighted by molar-refractivity contribution is 0.0690. The molecular weight excluding hydrogens is 252 g/mol. The van der Waals surface area contributed by atoms with Crippen LogP contribution in [0.5, 0.6) is 0 Å². The van der Waals surface area contributed by atoms with Crippen molar-refractivity contribution in [3.8, 4) is 11.3 Å². The number of aryl methyl sites for hydroxylation is 2. The van der Waals surface area contributed by atoms with E-state index in [0.29, 0.717) is 11.3 Å². The lowest BCUT2D eigenvalue weighted by Gasteiger charge is -2.02. The van der Waals surface area contributed by atoms with Gasteiger partial charge in [-0.25, -0.2) is 9.78 Å². The molecule has 1 N–H and O–H groups in total. The Morgan fingerprint density at radius 2 is 1.95 bits per heavy atom. The third-order valence-corrected chi connectivity index (χ3v) is 3.26. The maximum absolute atomic E-state index is 11.6. The van der Waals surface area contributed by atoms with Crippen molar-refractivity contribution in [2.45, 2.75) is 13.8 Å². The smallest absolute Gasteiger partial charge is 0.355 e. The number of fused-ring (bicyclic) bond motifs is 1. The highest BCUT2D eigenvalue weighted by Gasteiger charge is 2.19. The van der Waals surface area contributed by atoms with Crippen LogP contribution in [0.3, 0.4) is 0 Å². The Labute approximate surface area is 116 Å². The Balaban J connectivity index is 2.35. The molecule has 0 saturated carbocycles. The van der Waals surface area contributed by atoms with E-state index < -0.39 is 5.97 Å². The molecule has 4 nitrogen and oxygen atoms in total. The Kier molecular flexibility index (Phi) is 2.79. The third kappa shape index (κ3) is 1.95. The van der Waals surface area contributed by atoms with Crippen molar-refractivity contribution in [3.05, 3.63) is 59.4 Å². The van der Waals surface area contributed by atoms with E-state index in [1.807, 2.05) is 50.2 Å². The monoisotopic (exact) mass is 266 g/mol. The molecule has 2 heterocycles. The van der Waals surface area contributed by atoms with Gasteiger partial charge in [0.25, 0.3) is 0 Å². The van der Waals surface area contributed by atoms with Crippen LogP contribution < -0.4 is 0 Å². The van der Waals surface area contributed by atoms with Crippen LogP contribution in [0.25, 0.3) is 16.9 Å². The van der Waals surface area contributed by atoms with E-state index in [4.69, 9.17) is 0 Å². The molecule has 0 fully saturated rings. The molecule has 0 amide bonds. The Hall–Kier alpha value is -2.62. The maximum Gasteiger partial charge on any atom is 0.355 e. The highest BCUT2D eigenvalue weighted by Crippen LogP contribution is 2.25. The summed E-state index contributed by atoms with van der Waals surface area (Å²) in [5, 5.41) is 9.51. The molecular formula is C16H14N2O2. The van der Waals surface area contributed by atoms with Crippen LogP contribution in [0.1, 0.15) is 21.6 Å². The first-order valence-corrected chi connectivity index (χ1v) is 6.35. The number of benzene rings is 1. The number of aromatic nitrogens is 2. The second-order valence-corrected chi connectivity index (χ2v) is 4.92. The molecule has 0 saturated heterocycles. The van der Waals surface area contributed by atoms with E-state index in [-0.39, 0.29) is 5.69 Å².